The Kier molecular flexibility index (Phi) is 4.54. The van der Waals surface area contributed by atoms with Crippen LogP contribution in [-0.2, 0) is 0 Å². The van der Waals surface area contributed by atoms with Crippen LogP contribution in [0.25, 0.3) is 98.5 Å². The summed E-state index contributed by atoms with van der Waals surface area (Å²) in [6.07, 6.45) is 0. The predicted molar refractivity (Wildman–Crippen MR) is 207 cm³/mol. The average molecular weight is 669 g/mol. The van der Waals surface area contributed by atoms with Crippen molar-refractivity contribution in [1.82, 2.24) is 15.0 Å². The lowest BCUT2D eigenvalue weighted by molar-refractivity contribution is 0.670. The number of para-hydroxylation sites is 2. The Morgan fingerprint density at radius 1 is 0.440 bits per heavy atom. The van der Waals surface area contributed by atoms with Crippen molar-refractivity contribution in [3.8, 4) is 56.4 Å². The quantitative estimate of drug-likeness (QED) is 0.183. The minimum atomic E-state index is -0.636. The molecule has 234 valence electrons. The first-order chi connectivity index (χ1) is 29.4. The van der Waals surface area contributed by atoms with Gasteiger partial charge in [-0.1, -0.05) is 139 Å². The standard InChI is InChI=1S/C45H27N3OS/c1-4-14-28(15-5-1)31-26-37(40-35-20-10-11-25-38(35)50-39(40)27-31)34-23-12-21-32-33-22-13-24-36(42(33)49-41(32)34)45-47-43(29-16-6-2-7-17-29)46-44(48-45)30-18-8-3-9-19-30/h1-27H/i1D,4D,5D,10D,11D,14D,15D,20D,25D,26D,27D. The van der Waals surface area contributed by atoms with E-state index in [-0.39, 0.29) is 61.0 Å². The highest BCUT2D eigenvalue weighted by Gasteiger charge is 2.21. The molecule has 0 N–H and O–H groups in total. The van der Waals surface area contributed by atoms with Crippen LogP contribution < -0.4 is 0 Å². The number of rotatable bonds is 5. The van der Waals surface area contributed by atoms with Crippen LogP contribution in [0.1, 0.15) is 15.1 Å². The third kappa shape index (κ3) is 4.71. The molecule has 0 fully saturated rings. The average Bonchev–Trinajstić information content (AvgIpc) is 3.88. The molecule has 0 atom stereocenters. The van der Waals surface area contributed by atoms with E-state index >= 15 is 0 Å². The van der Waals surface area contributed by atoms with Gasteiger partial charge in [0.2, 0.25) is 0 Å². The van der Waals surface area contributed by atoms with E-state index in [4.69, 9.17) is 31.7 Å². The second-order valence-electron chi connectivity index (χ2n) is 11.5. The van der Waals surface area contributed by atoms with Crippen molar-refractivity contribution in [2.45, 2.75) is 0 Å². The van der Waals surface area contributed by atoms with Crippen molar-refractivity contribution in [2.75, 3.05) is 0 Å². The van der Waals surface area contributed by atoms with Gasteiger partial charge in [-0.25, -0.2) is 15.0 Å². The van der Waals surface area contributed by atoms with E-state index in [0.717, 1.165) is 22.5 Å². The van der Waals surface area contributed by atoms with Gasteiger partial charge in [-0.3, -0.25) is 0 Å². The van der Waals surface area contributed by atoms with Crippen molar-refractivity contribution in [1.29, 1.82) is 0 Å². The van der Waals surface area contributed by atoms with Gasteiger partial charge in [0.1, 0.15) is 11.2 Å². The molecule has 10 aromatic rings. The highest BCUT2D eigenvalue weighted by Crippen LogP contribution is 2.46. The third-order valence-corrected chi connectivity index (χ3v) is 9.58. The smallest absolute Gasteiger partial charge is 0.167 e. The number of benzene rings is 7. The highest BCUT2D eigenvalue weighted by atomic mass is 32.1. The zero-order chi connectivity index (χ0) is 42.6. The molecule has 0 radical (unpaired) electrons. The molecule has 0 saturated heterocycles. The Morgan fingerprint density at radius 2 is 1.04 bits per heavy atom. The van der Waals surface area contributed by atoms with Gasteiger partial charge >= 0.3 is 0 Å². The Bertz CT molecular complexity index is 3420. The van der Waals surface area contributed by atoms with Gasteiger partial charge in [-0.15, -0.1) is 11.3 Å². The molecule has 0 spiro atoms. The van der Waals surface area contributed by atoms with Gasteiger partial charge < -0.3 is 4.42 Å². The highest BCUT2D eigenvalue weighted by molar-refractivity contribution is 7.26. The lowest BCUT2D eigenvalue weighted by Gasteiger charge is -2.10. The van der Waals surface area contributed by atoms with Gasteiger partial charge in [0.25, 0.3) is 0 Å². The Labute approximate surface area is 307 Å². The van der Waals surface area contributed by atoms with Crippen LogP contribution in [0.5, 0.6) is 0 Å². The fraction of sp³-hybridized carbons (Fsp3) is 0. The Hall–Kier alpha value is -6.43. The molecule has 7 aromatic carbocycles. The van der Waals surface area contributed by atoms with Gasteiger partial charge in [0.05, 0.1) is 20.6 Å². The number of fused-ring (bicyclic) bond motifs is 6. The zero-order valence-corrected chi connectivity index (χ0v) is 26.7. The SMILES string of the molecule is [2H]c1c([2H])c([2H])c(-c2c([2H])c(-c3cccc4c3oc3c(-c5nc(-c6ccccc6)nc(-c6ccccc6)n5)cccc34)c3c(sc4c([2H])c([2H])c([2H])c([2H])c43)c2[2H])c([2H])c1[2H]. The molecule has 10 rings (SSSR count). The van der Waals surface area contributed by atoms with E-state index in [1.807, 2.05) is 84.9 Å². The molecule has 5 heteroatoms. The summed E-state index contributed by atoms with van der Waals surface area (Å²) in [4.78, 5) is 14.7. The summed E-state index contributed by atoms with van der Waals surface area (Å²) in [5, 5.41) is 1.59. The summed E-state index contributed by atoms with van der Waals surface area (Å²) in [7, 11) is 0. The molecular formula is C45H27N3OS. The molecule has 50 heavy (non-hydrogen) atoms. The molecule has 4 nitrogen and oxygen atoms in total. The minimum Gasteiger partial charge on any atom is -0.455 e. The first kappa shape index (κ1) is 19.5. The summed E-state index contributed by atoms with van der Waals surface area (Å²) in [5.41, 5.74) is 2.65. The number of hydrogen-bond acceptors (Lipinski definition) is 5. The van der Waals surface area contributed by atoms with Gasteiger partial charge in [0, 0.05) is 47.6 Å². The van der Waals surface area contributed by atoms with Crippen LogP contribution >= 0.6 is 11.3 Å². The Balaban J connectivity index is 1.32. The normalized spacial score (nSPS) is 14.7. The zero-order valence-electron chi connectivity index (χ0n) is 36.9. The molecule has 0 amide bonds. The van der Waals surface area contributed by atoms with E-state index in [1.54, 1.807) is 12.1 Å². The topological polar surface area (TPSA) is 51.8 Å². The molecule has 0 unspecified atom stereocenters. The fourth-order valence-electron chi connectivity index (χ4n) is 6.30. The van der Waals surface area contributed by atoms with Gasteiger partial charge in [-0.2, -0.15) is 0 Å². The fourth-order valence-corrected chi connectivity index (χ4v) is 7.32. The van der Waals surface area contributed by atoms with Crippen LogP contribution in [-0.4, -0.2) is 15.0 Å². The lowest BCUT2D eigenvalue weighted by atomic mass is 9.93. The van der Waals surface area contributed by atoms with Crippen LogP contribution in [0.15, 0.2) is 168 Å². The maximum absolute atomic E-state index is 9.85. The summed E-state index contributed by atoms with van der Waals surface area (Å²) in [6, 6.07) is 24.5. The lowest BCUT2D eigenvalue weighted by Crippen LogP contribution is -2.00. The molecule has 0 saturated carbocycles. The van der Waals surface area contributed by atoms with Crippen LogP contribution in [0.2, 0.25) is 0 Å². The monoisotopic (exact) mass is 668 g/mol. The molecular weight excluding hydrogens is 631 g/mol. The number of aromatic nitrogens is 3. The summed E-state index contributed by atoms with van der Waals surface area (Å²) in [6.45, 7) is 0. The first-order valence-electron chi connectivity index (χ1n) is 21.2. The predicted octanol–water partition coefficient (Wildman–Crippen LogP) is 12.5. The largest absolute Gasteiger partial charge is 0.455 e. The molecule has 0 aliphatic rings. The van der Waals surface area contributed by atoms with Crippen LogP contribution in [0.3, 0.4) is 0 Å². The van der Waals surface area contributed by atoms with Crippen LogP contribution in [0.4, 0.5) is 0 Å². The molecule has 3 heterocycles. The summed E-state index contributed by atoms with van der Waals surface area (Å²) in [5.74, 6) is 1.23. The minimum absolute atomic E-state index is 0.0940. The summed E-state index contributed by atoms with van der Waals surface area (Å²) < 4.78 is 104. The van der Waals surface area contributed by atoms with Crippen molar-refractivity contribution in [2.24, 2.45) is 0 Å². The third-order valence-electron chi connectivity index (χ3n) is 8.56. The molecule has 0 aliphatic carbocycles. The Morgan fingerprint density at radius 3 is 1.74 bits per heavy atom. The molecule has 3 aromatic heterocycles. The van der Waals surface area contributed by atoms with Gasteiger partial charge in [0.15, 0.2) is 17.5 Å². The van der Waals surface area contributed by atoms with Crippen molar-refractivity contribution in [3.63, 3.8) is 0 Å². The molecule has 0 bridgehead atoms. The maximum atomic E-state index is 9.85. The van der Waals surface area contributed by atoms with Crippen molar-refractivity contribution >= 4 is 53.4 Å². The number of furan rings is 1. The van der Waals surface area contributed by atoms with E-state index < -0.39 is 42.3 Å². The van der Waals surface area contributed by atoms with Gasteiger partial charge in [-0.05, 0) is 40.9 Å². The van der Waals surface area contributed by atoms with E-state index in [9.17, 15) is 2.74 Å². The van der Waals surface area contributed by atoms with Crippen molar-refractivity contribution in [3.05, 3.63) is 164 Å². The number of thiophene rings is 1. The maximum Gasteiger partial charge on any atom is 0.167 e. The summed E-state index contributed by atoms with van der Waals surface area (Å²) >= 11 is 0.923. The van der Waals surface area contributed by atoms with E-state index in [0.29, 0.717) is 50.5 Å². The molecule has 0 aliphatic heterocycles. The second-order valence-corrected chi connectivity index (χ2v) is 12.5. The van der Waals surface area contributed by atoms with E-state index in [1.165, 1.54) is 0 Å². The number of hydrogen-bond donors (Lipinski definition) is 0. The van der Waals surface area contributed by atoms with Crippen LogP contribution in [0, 0.1) is 0 Å². The number of nitrogens with zero attached hydrogens (tertiary/aromatic N) is 3. The second kappa shape index (κ2) is 11.6. The first-order valence-corrected chi connectivity index (χ1v) is 16.5. The van der Waals surface area contributed by atoms with Crippen molar-refractivity contribution < 1.29 is 19.5 Å². The van der Waals surface area contributed by atoms with E-state index in [2.05, 4.69) is 0 Å².